The summed E-state index contributed by atoms with van der Waals surface area (Å²) in [4.78, 5) is 35.0. The number of rotatable bonds is 3. The summed E-state index contributed by atoms with van der Waals surface area (Å²) in [6, 6.07) is 4.63. The van der Waals surface area contributed by atoms with Crippen LogP contribution in [0.4, 0.5) is 11.4 Å². The number of non-ortho nitro benzene ring substituents is 2. The molecule has 0 aliphatic carbocycles. The molecule has 0 aliphatic rings. The number of hydrogen-bond donors (Lipinski definition) is 2. The van der Waals surface area contributed by atoms with E-state index in [-0.39, 0.29) is 21.8 Å². The zero-order valence-corrected chi connectivity index (χ0v) is 12.8. The lowest BCUT2D eigenvalue weighted by Gasteiger charge is -2.05. The van der Waals surface area contributed by atoms with Crippen LogP contribution in [0.3, 0.4) is 0 Å². The van der Waals surface area contributed by atoms with Crippen molar-refractivity contribution < 1.29 is 22.8 Å². The van der Waals surface area contributed by atoms with E-state index in [0.29, 0.717) is 0 Å². The van der Waals surface area contributed by atoms with Gasteiger partial charge in [-0.2, -0.15) is 8.42 Å². The van der Waals surface area contributed by atoms with Crippen molar-refractivity contribution in [3.8, 4) is 0 Å². The molecule has 2 aromatic carbocycles. The summed E-state index contributed by atoms with van der Waals surface area (Å²) < 4.78 is 31.5. The van der Waals surface area contributed by atoms with Crippen molar-refractivity contribution >= 4 is 43.3 Å². The highest BCUT2D eigenvalue weighted by molar-refractivity contribution is 7.85. The molecule has 0 fully saturated rings. The first-order valence-corrected chi connectivity index (χ1v) is 7.93. The molecule has 2 N–H and O–H groups in total. The van der Waals surface area contributed by atoms with Crippen LogP contribution in [0.2, 0.25) is 0 Å². The number of nitrogens with zero attached hydrogens (tertiary/aromatic N) is 2. The minimum absolute atomic E-state index is 0.0712. The number of H-pyrrole nitrogens is 1. The smallest absolute Gasteiger partial charge is 0.300 e. The molecular formula is C13H7N3O8S. The van der Waals surface area contributed by atoms with Gasteiger partial charge >= 0.3 is 0 Å². The first-order chi connectivity index (χ1) is 11.6. The lowest BCUT2D eigenvalue weighted by atomic mass is 10.1. The first-order valence-electron chi connectivity index (χ1n) is 6.49. The summed E-state index contributed by atoms with van der Waals surface area (Å²) in [5.74, 6) is 0. The Bertz CT molecular complexity index is 1250. The fraction of sp³-hybridized carbons (Fsp3) is 0. The number of pyridine rings is 1. The molecule has 11 nitrogen and oxygen atoms in total. The van der Waals surface area contributed by atoms with Crippen LogP contribution in [0.15, 0.2) is 40.0 Å². The molecule has 0 bridgehead atoms. The summed E-state index contributed by atoms with van der Waals surface area (Å²) in [6.45, 7) is 0. The second kappa shape index (κ2) is 5.32. The minimum Gasteiger partial charge on any atom is -0.349 e. The lowest BCUT2D eigenvalue weighted by molar-refractivity contribution is -0.393. The second-order valence-electron chi connectivity index (χ2n) is 5.04. The summed E-state index contributed by atoms with van der Waals surface area (Å²) in [5.41, 5.74) is -2.33. The van der Waals surface area contributed by atoms with Gasteiger partial charge in [-0.15, -0.1) is 0 Å². The third-order valence-electron chi connectivity index (χ3n) is 3.55. The number of aromatic nitrogens is 1. The highest BCUT2D eigenvalue weighted by Gasteiger charge is 2.23. The molecule has 12 heteroatoms. The molecule has 0 aliphatic heterocycles. The molecule has 0 atom stereocenters. The van der Waals surface area contributed by atoms with Crippen molar-refractivity contribution in [2.75, 3.05) is 0 Å². The van der Waals surface area contributed by atoms with Gasteiger partial charge in [-0.05, 0) is 18.2 Å². The van der Waals surface area contributed by atoms with Crippen molar-refractivity contribution in [2.24, 2.45) is 0 Å². The van der Waals surface area contributed by atoms with E-state index in [1.807, 2.05) is 0 Å². The average molecular weight is 365 g/mol. The molecule has 3 rings (SSSR count). The van der Waals surface area contributed by atoms with Crippen LogP contribution in [0.25, 0.3) is 21.8 Å². The van der Waals surface area contributed by atoms with Crippen molar-refractivity contribution in [2.45, 2.75) is 4.90 Å². The zero-order valence-electron chi connectivity index (χ0n) is 12.0. The van der Waals surface area contributed by atoms with Gasteiger partial charge in [0.05, 0.1) is 31.7 Å². The number of benzene rings is 2. The predicted molar refractivity (Wildman–Crippen MR) is 85.2 cm³/mol. The Morgan fingerprint density at radius 2 is 1.68 bits per heavy atom. The van der Waals surface area contributed by atoms with Crippen LogP contribution < -0.4 is 5.43 Å². The van der Waals surface area contributed by atoms with E-state index in [4.69, 9.17) is 4.55 Å². The van der Waals surface area contributed by atoms with Crippen LogP contribution in [0.5, 0.6) is 0 Å². The lowest BCUT2D eigenvalue weighted by Crippen LogP contribution is -2.08. The van der Waals surface area contributed by atoms with Gasteiger partial charge in [0.1, 0.15) is 5.52 Å². The highest BCUT2D eigenvalue weighted by atomic mass is 32.2. The van der Waals surface area contributed by atoms with Crippen molar-refractivity contribution in [1.82, 2.24) is 4.98 Å². The van der Waals surface area contributed by atoms with Crippen molar-refractivity contribution in [1.29, 1.82) is 0 Å². The van der Waals surface area contributed by atoms with Crippen LogP contribution >= 0.6 is 0 Å². The third kappa shape index (κ3) is 2.68. The van der Waals surface area contributed by atoms with E-state index in [2.05, 4.69) is 4.98 Å². The van der Waals surface area contributed by atoms with E-state index >= 15 is 0 Å². The maximum atomic E-state index is 12.6. The van der Waals surface area contributed by atoms with Crippen LogP contribution in [-0.2, 0) is 10.1 Å². The molecule has 1 aromatic heterocycles. The largest absolute Gasteiger partial charge is 0.349 e. The predicted octanol–water partition coefficient (Wildman–Crippen LogP) is 1.74. The van der Waals surface area contributed by atoms with Crippen LogP contribution in [-0.4, -0.2) is 27.8 Å². The molecule has 0 saturated heterocycles. The van der Waals surface area contributed by atoms with E-state index < -0.39 is 41.7 Å². The minimum atomic E-state index is -4.58. The molecule has 1 heterocycles. The summed E-state index contributed by atoms with van der Waals surface area (Å²) in [5, 5.41) is 21.6. The molecule has 3 aromatic rings. The van der Waals surface area contributed by atoms with Gasteiger partial charge in [0, 0.05) is 11.5 Å². The molecular weight excluding hydrogens is 358 g/mol. The number of fused-ring (bicyclic) bond motifs is 2. The maximum Gasteiger partial charge on any atom is 0.300 e. The van der Waals surface area contributed by atoms with E-state index in [9.17, 15) is 33.4 Å². The Labute approximate surface area is 137 Å². The molecule has 25 heavy (non-hydrogen) atoms. The Morgan fingerprint density at radius 3 is 2.24 bits per heavy atom. The fourth-order valence-electron chi connectivity index (χ4n) is 2.43. The average Bonchev–Trinajstić information content (AvgIpc) is 2.52. The van der Waals surface area contributed by atoms with Gasteiger partial charge in [0.15, 0.2) is 5.43 Å². The Hall–Kier alpha value is -3.38. The molecule has 128 valence electrons. The molecule has 0 spiro atoms. The monoisotopic (exact) mass is 365 g/mol. The number of hydrogen-bond acceptors (Lipinski definition) is 7. The third-order valence-corrected chi connectivity index (χ3v) is 4.40. The number of nitro benzene ring substituents is 2. The fourth-order valence-corrected chi connectivity index (χ4v) is 2.94. The van der Waals surface area contributed by atoms with E-state index in [1.54, 1.807) is 0 Å². The van der Waals surface area contributed by atoms with Gasteiger partial charge in [-0.1, -0.05) is 0 Å². The standard InChI is InChI=1S/C13H7N3O8S/c17-13-8-5-7(25(22,23)24)1-2-10(8)14-12-9(13)3-6(15(18)19)4-11(12)16(20)21/h1-5H,(H,14,17)(H,22,23,24). The van der Waals surface area contributed by atoms with Crippen LogP contribution in [0.1, 0.15) is 0 Å². The van der Waals surface area contributed by atoms with Gasteiger partial charge < -0.3 is 4.98 Å². The summed E-state index contributed by atoms with van der Waals surface area (Å²) >= 11 is 0. The van der Waals surface area contributed by atoms with Gasteiger partial charge in [-0.3, -0.25) is 29.6 Å². The van der Waals surface area contributed by atoms with Crippen LogP contribution in [0, 0.1) is 20.2 Å². The Kier molecular flexibility index (Phi) is 3.51. The van der Waals surface area contributed by atoms with E-state index in [1.165, 1.54) is 0 Å². The maximum absolute atomic E-state index is 12.6. The highest BCUT2D eigenvalue weighted by Crippen LogP contribution is 2.29. The Balaban J connectivity index is 2.53. The number of aromatic amines is 1. The zero-order chi connectivity index (χ0) is 18.5. The first kappa shape index (κ1) is 16.5. The van der Waals surface area contributed by atoms with Crippen molar-refractivity contribution in [3.63, 3.8) is 0 Å². The molecule has 0 unspecified atom stereocenters. The Morgan fingerprint density at radius 1 is 1.00 bits per heavy atom. The SMILES string of the molecule is O=c1c2cc(S(=O)(=O)O)ccc2[nH]c2c([N+](=O)[O-])cc([N+](=O)[O-])cc12. The topological polar surface area (TPSA) is 174 Å². The van der Waals surface area contributed by atoms with Gasteiger partial charge in [-0.25, -0.2) is 0 Å². The molecule has 0 saturated carbocycles. The second-order valence-corrected chi connectivity index (χ2v) is 6.46. The van der Waals surface area contributed by atoms with E-state index in [0.717, 1.165) is 30.3 Å². The summed E-state index contributed by atoms with van der Waals surface area (Å²) in [7, 11) is -4.58. The quantitative estimate of drug-likeness (QED) is 0.305. The normalized spacial score (nSPS) is 11.7. The number of nitrogens with one attached hydrogen (secondary N) is 1. The van der Waals surface area contributed by atoms with Crippen molar-refractivity contribution in [3.05, 3.63) is 60.8 Å². The van der Waals surface area contributed by atoms with Gasteiger partial charge in [0.25, 0.3) is 21.5 Å². The molecule has 0 amide bonds. The van der Waals surface area contributed by atoms with Gasteiger partial charge in [0.2, 0.25) is 0 Å². The number of nitro groups is 2. The molecule has 0 radical (unpaired) electrons. The summed E-state index contributed by atoms with van der Waals surface area (Å²) in [6.07, 6.45) is 0.